The van der Waals surface area contributed by atoms with Gasteiger partial charge in [0.25, 0.3) is 5.91 Å². The topological polar surface area (TPSA) is 136 Å². The second-order valence-electron chi connectivity index (χ2n) is 5.92. The van der Waals surface area contributed by atoms with Crippen LogP contribution in [0.4, 0.5) is 5.69 Å². The molecular weight excluding hydrogens is 326 g/mol. The summed E-state index contributed by atoms with van der Waals surface area (Å²) in [5, 5.41) is 7.04. The average molecular weight is 345 g/mol. The number of methoxy groups -OCH3 is 1. The van der Waals surface area contributed by atoms with Crippen LogP contribution in [0.25, 0.3) is 20.9 Å². The van der Waals surface area contributed by atoms with Crippen molar-refractivity contribution in [2.75, 3.05) is 33.4 Å². The van der Waals surface area contributed by atoms with Gasteiger partial charge < -0.3 is 14.4 Å². The molecule has 132 valence electrons. The number of amides is 1. The Morgan fingerprint density at radius 3 is 2.88 bits per heavy atom. The Balaban J connectivity index is 2.29. The van der Waals surface area contributed by atoms with E-state index in [1.165, 1.54) is 6.07 Å². The first kappa shape index (κ1) is 18.6. The first-order valence-corrected chi connectivity index (χ1v) is 7.63. The summed E-state index contributed by atoms with van der Waals surface area (Å²) in [4.78, 5) is 20.0. The Hall–Kier alpha value is -2.77. The number of azide groups is 2. The molecule has 0 aromatic heterocycles. The highest BCUT2D eigenvalue weighted by Gasteiger charge is 2.34. The molecule has 1 saturated heterocycles. The molecule has 1 unspecified atom stereocenters. The minimum absolute atomic E-state index is 0.0655. The molecule has 10 heteroatoms. The van der Waals surface area contributed by atoms with E-state index in [4.69, 9.17) is 20.5 Å². The van der Waals surface area contributed by atoms with Crippen LogP contribution in [0.2, 0.25) is 0 Å². The Labute approximate surface area is 144 Å². The van der Waals surface area contributed by atoms with Crippen LogP contribution in [0, 0.1) is 0 Å². The number of carbonyl (C=O) groups is 1. The molecule has 25 heavy (non-hydrogen) atoms. The summed E-state index contributed by atoms with van der Waals surface area (Å²) in [6.45, 7) is 3.58. The van der Waals surface area contributed by atoms with Gasteiger partial charge in [-0.25, -0.2) is 0 Å². The first-order chi connectivity index (χ1) is 12.0. The predicted octanol–water partition coefficient (Wildman–Crippen LogP) is 3.32. The van der Waals surface area contributed by atoms with Crippen molar-refractivity contribution in [2.24, 2.45) is 10.2 Å². The highest BCUT2D eigenvalue weighted by atomic mass is 16.5. The molecule has 1 amide bonds. The number of hydrogen-bond donors (Lipinski definition) is 0. The lowest BCUT2D eigenvalue weighted by Crippen LogP contribution is -2.54. The van der Waals surface area contributed by atoms with Gasteiger partial charge in [0, 0.05) is 34.7 Å². The van der Waals surface area contributed by atoms with E-state index in [1.807, 2.05) is 6.92 Å². The molecule has 1 heterocycles. The molecule has 0 aliphatic carbocycles. The van der Waals surface area contributed by atoms with Crippen molar-refractivity contribution in [3.05, 3.63) is 50.2 Å². The van der Waals surface area contributed by atoms with Gasteiger partial charge in [0.15, 0.2) is 0 Å². The lowest BCUT2D eigenvalue weighted by Gasteiger charge is -2.40. The van der Waals surface area contributed by atoms with Gasteiger partial charge in [-0.05, 0) is 41.7 Å². The maximum Gasteiger partial charge on any atom is 0.254 e. The van der Waals surface area contributed by atoms with E-state index in [-0.39, 0.29) is 12.5 Å². The van der Waals surface area contributed by atoms with Crippen molar-refractivity contribution in [1.29, 1.82) is 0 Å². The van der Waals surface area contributed by atoms with Crippen LogP contribution >= 0.6 is 0 Å². The van der Waals surface area contributed by atoms with E-state index in [0.717, 1.165) is 0 Å². The minimum atomic E-state index is -0.570. The SMILES string of the molecule is COCC1(C)CN(C(=O)c2cc(CN=[N+]=[N-])cc(N=[N+]=[N-])c2)CCO1. The van der Waals surface area contributed by atoms with E-state index in [2.05, 4.69) is 20.1 Å². The average Bonchev–Trinajstić information content (AvgIpc) is 2.59. The number of rotatable bonds is 6. The number of hydrogen-bond acceptors (Lipinski definition) is 5. The molecular formula is C15H19N7O3. The van der Waals surface area contributed by atoms with Crippen molar-refractivity contribution in [2.45, 2.75) is 19.1 Å². The molecule has 1 aromatic rings. The Morgan fingerprint density at radius 2 is 2.20 bits per heavy atom. The van der Waals surface area contributed by atoms with Crippen molar-refractivity contribution >= 4 is 11.6 Å². The summed E-state index contributed by atoms with van der Waals surface area (Å²) in [7, 11) is 1.58. The lowest BCUT2D eigenvalue weighted by molar-refractivity contribution is -0.119. The van der Waals surface area contributed by atoms with Gasteiger partial charge in [-0.15, -0.1) is 0 Å². The van der Waals surface area contributed by atoms with Crippen LogP contribution in [-0.4, -0.2) is 49.8 Å². The van der Waals surface area contributed by atoms with Gasteiger partial charge in [0.1, 0.15) is 5.60 Å². The third kappa shape index (κ3) is 4.85. The molecule has 0 spiro atoms. The monoisotopic (exact) mass is 345 g/mol. The molecule has 1 aliphatic rings. The summed E-state index contributed by atoms with van der Waals surface area (Å²) in [6, 6.07) is 4.74. The van der Waals surface area contributed by atoms with E-state index in [9.17, 15) is 4.79 Å². The fourth-order valence-electron chi connectivity index (χ4n) is 2.79. The summed E-state index contributed by atoms with van der Waals surface area (Å²) >= 11 is 0. The fraction of sp³-hybridized carbons (Fsp3) is 0.533. The van der Waals surface area contributed by atoms with Crippen molar-refractivity contribution < 1.29 is 14.3 Å². The van der Waals surface area contributed by atoms with E-state index >= 15 is 0 Å². The smallest absolute Gasteiger partial charge is 0.254 e. The maximum absolute atomic E-state index is 12.9. The van der Waals surface area contributed by atoms with Gasteiger partial charge in [0.05, 0.1) is 26.3 Å². The van der Waals surface area contributed by atoms with Crippen LogP contribution < -0.4 is 0 Å². The molecule has 0 saturated carbocycles. The summed E-state index contributed by atoms with van der Waals surface area (Å²) in [6.07, 6.45) is 0. The summed E-state index contributed by atoms with van der Waals surface area (Å²) in [5.41, 5.74) is 17.8. The molecule has 10 nitrogen and oxygen atoms in total. The Bertz CT molecular complexity index is 737. The van der Waals surface area contributed by atoms with Gasteiger partial charge in [-0.2, -0.15) is 0 Å². The van der Waals surface area contributed by atoms with E-state index in [1.54, 1.807) is 24.1 Å². The van der Waals surface area contributed by atoms with E-state index in [0.29, 0.717) is 43.1 Å². The second-order valence-corrected chi connectivity index (χ2v) is 5.92. The van der Waals surface area contributed by atoms with Crippen LogP contribution in [-0.2, 0) is 16.0 Å². The van der Waals surface area contributed by atoms with Gasteiger partial charge in [-0.1, -0.05) is 10.2 Å². The summed E-state index contributed by atoms with van der Waals surface area (Å²) in [5.74, 6) is -0.206. The molecule has 1 aliphatic heterocycles. The van der Waals surface area contributed by atoms with Gasteiger partial charge in [-0.3, -0.25) is 4.79 Å². The number of benzene rings is 1. The molecule has 1 fully saturated rings. The van der Waals surface area contributed by atoms with Crippen molar-refractivity contribution in [3.63, 3.8) is 0 Å². The van der Waals surface area contributed by atoms with Crippen molar-refractivity contribution in [1.82, 2.24) is 4.90 Å². The Morgan fingerprint density at radius 1 is 1.40 bits per heavy atom. The van der Waals surface area contributed by atoms with Crippen LogP contribution in [0.5, 0.6) is 0 Å². The Kier molecular flexibility index (Phi) is 6.21. The molecule has 0 radical (unpaired) electrons. The quantitative estimate of drug-likeness (QED) is 0.444. The zero-order valence-electron chi connectivity index (χ0n) is 14.1. The predicted molar refractivity (Wildman–Crippen MR) is 90.2 cm³/mol. The zero-order chi connectivity index (χ0) is 18.3. The normalized spacial score (nSPS) is 19.7. The maximum atomic E-state index is 12.9. The highest BCUT2D eigenvalue weighted by Crippen LogP contribution is 2.23. The number of carbonyl (C=O) groups excluding carboxylic acids is 1. The number of nitrogens with zero attached hydrogens (tertiary/aromatic N) is 7. The first-order valence-electron chi connectivity index (χ1n) is 7.63. The molecule has 0 N–H and O–H groups in total. The van der Waals surface area contributed by atoms with Crippen molar-refractivity contribution in [3.8, 4) is 0 Å². The highest BCUT2D eigenvalue weighted by molar-refractivity contribution is 5.95. The largest absolute Gasteiger partial charge is 0.382 e. The molecule has 1 atom stereocenters. The standard InChI is InChI=1S/C15H19N7O3/c1-15(10-24-2)9-22(3-4-25-15)14(23)12-5-11(8-18-20-16)6-13(7-12)19-21-17/h5-7H,3-4,8-10H2,1-2H3. The van der Waals surface area contributed by atoms with Gasteiger partial charge >= 0.3 is 0 Å². The van der Waals surface area contributed by atoms with Crippen LogP contribution in [0.3, 0.4) is 0 Å². The number of ether oxygens (including phenoxy) is 2. The fourth-order valence-corrected chi connectivity index (χ4v) is 2.79. The third-order valence-electron chi connectivity index (χ3n) is 3.78. The minimum Gasteiger partial charge on any atom is -0.382 e. The zero-order valence-corrected chi connectivity index (χ0v) is 14.1. The number of morpholine rings is 1. The molecule has 0 bridgehead atoms. The van der Waals surface area contributed by atoms with Gasteiger partial charge in [0.2, 0.25) is 0 Å². The summed E-state index contributed by atoms with van der Waals surface area (Å²) < 4.78 is 10.9. The van der Waals surface area contributed by atoms with E-state index < -0.39 is 5.60 Å². The molecule has 1 aromatic carbocycles. The molecule has 2 rings (SSSR count). The van der Waals surface area contributed by atoms with Crippen LogP contribution in [0.15, 0.2) is 28.4 Å². The van der Waals surface area contributed by atoms with Crippen LogP contribution in [0.1, 0.15) is 22.8 Å². The lowest BCUT2D eigenvalue weighted by atomic mass is 10.0. The third-order valence-corrected chi connectivity index (χ3v) is 3.78. The second kappa shape index (κ2) is 8.36.